The quantitative estimate of drug-likeness (QED) is 0.821. The Morgan fingerprint density at radius 3 is 3.07 bits per heavy atom. The summed E-state index contributed by atoms with van der Waals surface area (Å²) >= 11 is 0. The molecule has 4 nitrogen and oxygen atoms in total. The standard InChI is InChI=1S/C11H14N4/c1-2-13-11-10(4-3-5-14-11)8-15-7-6-12-9-15/h3-7,9H,2,8H2,1H3,(H,13,14). The molecule has 0 saturated carbocycles. The van der Waals surface area contributed by atoms with Gasteiger partial charge in [-0.15, -0.1) is 0 Å². The normalized spacial score (nSPS) is 10.2. The minimum atomic E-state index is 0.802. The van der Waals surface area contributed by atoms with E-state index >= 15 is 0 Å². The molecule has 15 heavy (non-hydrogen) atoms. The van der Waals surface area contributed by atoms with Crippen LogP contribution < -0.4 is 5.32 Å². The van der Waals surface area contributed by atoms with Crippen LogP contribution in [0, 0.1) is 0 Å². The maximum absolute atomic E-state index is 4.30. The molecule has 0 atom stereocenters. The molecule has 0 radical (unpaired) electrons. The third-order valence-electron chi connectivity index (χ3n) is 2.15. The van der Waals surface area contributed by atoms with Gasteiger partial charge in [0, 0.05) is 30.7 Å². The second kappa shape index (κ2) is 4.59. The predicted octanol–water partition coefficient (Wildman–Crippen LogP) is 1.76. The number of hydrogen-bond donors (Lipinski definition) is 1. The highest BCUT2D eigenvalue weighted by molar-refractivity contribution is 5.43. The lowest BCUT2D eigenvalue weighted by Crippen LogP contribution is -2.05. The second-order valence-corrected chi connectivity index (χ2v) is 3.28. The summed E-state index contributed by atoms with van der Waals surface area (Å²) in [6.07, 6.45) is 7.34. The van der Waals surface area contributed by atoms with Crippen LogP contribution in [0.2, 0.25) is 0 Å². The Kier molecular flexibility index (Phi) is 2.97. The van der Waals surface area contributed by atoms with E-state index in [0.717, 1.165) is 18.9 Å². The van der Waals surface area contributed by atoms with Crippen molar-refractivity contribution in [3.63, 3.8) is 0 Å². The van der Waals surface area contributed by atoms with Crippen LogP contribution in [0.25, 0.3) is 0 Å². The van der Waals surface area contributed by atoms with Gasteiger partial charge >= 0.3 is 0 Å². The summed E-state index contributed by atoms with van der Waals surface area (Å²) in [4.78, 5) is 8.32. The van der Waals surface area contributed by atoms with Gasteiger partial charge in [-0.3, -0.25) is 0 Å². The van der Waals surface area contributed by atoms with E-state index in [1.54, 1.807) is 12.4 Å². The minimum Gasteiger partial charge on any atom is -0.370 e. The molecule has 0 unspecified atom stereocenters. The number of pyridine rings is 1. The van der Waals surface area contributed by atoms with Crippen LogP contribution in [0.3, 0.4) is 0 Å². The van der Waals surface area contributed by atoms with Gasteiger partial charge in [0.25, 0.3) is 0 Å². The van der Waals surface area contributed by atoms with Gasteiger partial charge in [-0.25, -0.2) is 9.97 Å². The van der Waals surface area contributed by atoms with Crippen LogP contribution >= 0.6 is 0 Å². The second-order valence-electron chi connectivity index (χ2n) is 3.28. The van der Waals surface area contributed by atoms with E-state index in [9.17, 15) is 0 Å². The zero-order valence-corrected chi connectivity index (χ0v) is 8.72. The number of aromatic nitrogens is 3. The summed E-state index contributed by atoms with van der Waals surface area (Å²) < 4.78 is 2.03. The molecule has 0 aliphatic heterocycles. The van der Waals surface area contributed by atoms with E-state index in [0.29, 0.717) is 0 Å². The van der Waals surface area contributed by atoms with Crippen LogP contribution in [-0.4, -0.2) is 21.1 Å². The molecule has 0 aliphatic rings. The van der Waals surface area contributed by atoms with Crippen molar-refractivity contribution >= 4 is 5.82 Å². The first-order chi connectivity index (χ1) is 7.40. The van der Waals surface area contributed by atoms with Crippen molar-refractivity contribution < 1.29 is 0 Å². The number of hydrogen-bond acceptors (Lipinski definition) is 3. The predicted molar refractivity (Wildman–Crippen MR) is 59.7 cm³/mol. The Morgan fingerprint density at radius 2 is 2.33 bits per heavy atom. The Morgan fingerprint density at radius 1 is 1.40 bits per heavy atom. The molecule has 0 amide bonds. The number of nitrogens with one attached hydrogen (secondary N) is 1. The van der Waals surface area contributed by atoms with Gasteiger partial charge in [-0.05, 0) is 13.0 Å². The Bertz CT molecular complexity index is 408. The van der Waals surface area contributed by atoms with E-state index in [1.807, 2.05) is 23.2 Å². The first-order valence-electron chi connectivity index (χ1n) is 5.03. The van der Waals surface area contributed by atoms with Crippen molar-refractivity contribution in [2.75, 3.05) is 11.9 Å². The summed E-state index contributed by atoms with van der Waals surface area (Å²) in [6.45, 7) is 3.75. The van der Waals surface area contributed by atoms with Crippen molar-refractivity contribution in [1.82, 2.24) is 14.5 Å². The van der Waals surface area contributed by atoms with Crippen molar-refractivity contribution in [1.29, 1.82) is 0 Å². The zero-order chi connectivity index (χ0) is 10.5. The van der Waals surface area contributed by atoms with Crippen LogP contribution in [0.4, 0.5) is 5.82 Å². The molecule has 0 spiro atoms. The fraction of sp³-hybridized carbons (Fsp3) is 0.273. The SMILES string of the molecule is CCNc1ncccc1Cn1ccnc1. The van der Waals surface area contributed by atoms with Crippen LogP contribution in [0.5, 0.6) is 0 Å². The van der Waals surface area contributed by atoms with Crippen molar-refractivity contribution in [3.05, 3.63) is 42.6 Å². The molecule has 1 N–H and O–H groups in total. The smallest absolute Gasteiger partial charge is 0.130 e. The third kappa shape index (κ3) is 2.34. The molecular weight excluding hydrogens is 188 g/mol. The van der Waals surface area contributed by atoms with Gasteiger partial charge in [-0.2, -0.15) is 0 Å². The monoisotopic (exact) mass is 202 g/mol. The van der Waals surface area contributed by atoms with Gasteiger partial charge in [0.05, 0.1) is 12.9 Å². The first-order valence-corrected chi connectivity index (χ1v) is 5.03. The van der Waals surface area contributed by atoms with Crippen LogP contribution in [0.15, 0.2) is 37.1 Å². The fourth-order valence-corrected chi connectivity index (χ4v) is 1.47. The summed E-state index contributed by atoms with van der Waals surface area (Å²) in [5.74, 6) is 0.953. The van der Waals surface area contributed by atoms with Crippen molar-refractivity contribution in [2.45, 2.75) is 13.5 Å². The Labute approximate surface area is 89.0 Å². The minimum absolute atomic E-state index is 0.802. The lowest BCUT2D eigenvalue weighted by Gasteiger charge is -2.09. The summed E-state index contributed by atoms with van der Waals surface area (Å²) in [5.41, 5.74) is 1.18. The Hall–Kier alpha value is -1.84. The first kappa shape index (κ1) is 9.71. The molecule has 4 heteroatoms. The summed E-state index contributed by atoms with van der Waals surface area (Å²) in [6, 6.07) is 4.03. The average Bonchev–Trinajstić information content (AvgIpc) is 2.74. The van der Waals surface area contributed by atoms with Gasteiger partial charge in [-0.1, -0.05) is 6.07 Å². The molecular formula is C11H14N4. The fourth-order valence-electron chi connectivity index (χ4n) is 1.47. The molecule has 0 saturated heterocycles. The largest absolute Gasteiger partial charge is 0.370 e. The van der Waals surface area contributed by atoms with Crippen molar-refractivity contribution in [2.24, 2.45) is 0 Å². The van der Waals surface area contributed by atoms with E-state index < -0.39 is 0 Å². The van der Waals surface area contributed by atoms with Gasteiger partial charge in [0.15, 0.2) is 0 Å². The summed E-state index contributed by atoms with van der Waals surface area (Å²) in [7, 11) is 0. The highest BCUT2D eigenvalue weighted by Crippen LogP contribution is 2.12. The number of rotatable bonds is 4. The van der Waals surface area contributed by atoms with Crippen LogP contribution in [-0.2, 0) is 6.54 Å². The molecule has 0 aliphatic carbocycles. The van der Waals surface area contributed by atoms with Gasteiger partial charge in [0.1, 0.15) is 5.82 Å². The Balaban J connectivity index is 2.20. The molecule has 2 aromatic heterocycles. The van der Waals surface area contributed by atoms with E-state index in [1.165, 1.54) is 5.56 Å². The van der Waals surface area contributed by atoms with Crippen LogP contribution in [0.1, 0.15) is 12.5 Å². The molecule has 0 bridgehead atoms. The lowest BCUT2D eigenvalue weighted by atomic mass is 10.2. The molecule has 78 valence electrons. The number of anilines is 1. The molecule has 2 heterocycles. The van der Waals surface area contributed by atoms with E-state index in [2.05, 4.69) is 28.3 Å². The number of nitrogens with zero attached hydrogens (tertiary/aromatic N) is 3. The molecule has 2 aromatic rings. The van der Waals surface area contributed by atoms with Gasteiger partial charge in [0.2, 0.25) is 0 Å². The maximum atomic E-state index is 4.30. The number of imidazole rings is 1. The zero-order valence-electron chi connectivity index (χ0n) is 8.72. The molecule has 0 fully saturated rings. The molecule has 2 rings (SSSR count). The van der Waals surface area contributed by atoms with E-state index in [-0.39, 0.29) is 0 Å². The average molecular weight is 202 g/mol. The maximum Gasteiger partial charge on any atom is 0.130 e. The topological polar surface area (TPSA) is 42.7 Å². The van der Waals surface area contributed by atoms with Crippen molar-refractivity contribution in [3.8, 4) is 0 Å². The highest BCUT2D eigenvalue weighted by Gasteiger charge is 2.01. The highest BCUT2D eigenvalue weighted by atomic mass is 15.0. The molecule has 0 aromatic carbocycles. The lowest BCUT2D eigenvalue weighted by molar-refractivity contribution is 0.794. The third-order valence-corrected chi connectivity index (χ3v) is 2.15. The van der Waals surface area contributed by atoms with E-state index in [4.69, 9.17) is 0 Å². The summed E-state index contributed by atoms with van der Waals surface area (Å²) in [5, 5.41) is 3.24. The van der Waals surface area contributed by atoms with Gasteiger partial charge < -0.3 is 9.88 Å².